The fourth-order valence-electron chi connectivity index (χ4n) is 3.62. The molecule has 0 saturated heterocycles. The third-order valence-electron chi connectivity index (χ3n) is 5.25. The summed E-state index contributed by atoms with van der Waals surface area (Å²) in [6, 6.07) is 20.7. The Morgan fingerprint density at radius 3 is 2.55 bits per heavy atom. The third kappa shape index (κ3) is 4.12. The van der Waals surface area contributed by atoms with Crippen LogP contribution in [0.15, 0.2) is 82.7 Å². The highest BCUT2D eigenvalue weighted by atomic mass is 32.2. The van der Waals surface area contributed by atoms with Gasteiger partial charge in [-0.1, -0.05) is 47.7 Å². The van der Waals surface area contributed by atoms with Crippen LogP contribution < -0.4 is 10.9 Å². The van der Waals surface area contributed by atoms with Crippen molar-refractivity contribution in [1.29, 1.82) is 0 Å². The molecule has 2 N–H and O–H groups in total. The maximum atomic E-state index is 13.5. The molecule has 0 bridgehead atoms. The Kier molecular flexibility index (Phi) is 5.43. The average molecular weight is 459 g/mol. The van der Waals surface area contributed by atoms with Crippen LogP contribution in [-0.4, -0.2) is 26.2 Å². The van der Waals surface area contributed by atoms with E-state index in [2.05, 4.69) is 10.3 Å². The minimum Gasteiger partial charge on any atom is -0.349 e. The van der Waals surface area contributed by atoms with Crippen LogP contribution in [-0.2, 0) is 4.79 Å². The number of aromatic nitrogens is 3. The van der Waals surface area contributed by atoms with Gasteiger partial charge in [0.25, 0.3) is 5.56 Å². The normalized spacial score (nSPS) is 11.2. The molecule has 2 heterocycles. The van der Waals surface area contributed by atoms with Gasteiger partial charge in [-0.15, -0.1) is 0 Å². The summed E-state index contributed by atoms with van der Waals surface area (Å²) in [5.41, 5.74) is 3.81. The fourth-order valence-corrected chi connectivity index (χ4v) is 4.43. The molecule has 2 aromatic heterocycles. The van der Waals surface area contributed by atoms with Crippen molar-refractivity contribution < 1.29 is 9.18 Å². The van der Waals surface area contributed by atoms with E-state index in [1.165, 1.54) is 40.6 Å². The summed E-state index contributed by atoms with van der Waals surface area (Å²) in [5.74, 6) is -0.625. The van der Waals surface area contributed by atoms with Crippen LogP contribution in [0.25, 0.3) is 27.6 Å². The first kappa shape index (κ1) is 21.0. The largest absolute Gasteiger partial charge is 0.349 e. The van der Waals surface area contributed by atoms with Crippen molar-refractivity contribution in [1.82, 2.24) is 14.5 Å². The van der Waals surface area contributed by atoms with Crippen molar-refractivity contribution in [3.05, 3.63) is 94.5 Å². The molecule has 0 aliphatic carbocycles. The highest BCUT2D eigenvalue weighted by Gasteiger charge is 2.18. The summed E-state index contributed by atoms with van der Waals surface area (Å²) in [5, 5.41) is 3.99. The SMILES string of the molecule is Cc1ccc(-n2c(SCC(=O)Nc3ccc(F)cc3)nc3c([nH]c4ccccc43)c2=O)cc1. The van der Waals surface area contributed by atoms with Crippen molar-refractivity contribution >= 4 is 45.3 Å². The maximum Gasteiger partial charge on any atom is 0.283 e. The van der Waals surface area contributed by atoms with E-state index in [1.54, 1.807) is 0 Å². The Bertz CT molecular complexity index is 1540. The molecule has 164 valence electrons. The van der Waals surface area contributed by atoms with Gasteiger partial charge in [-0.05, 0) is 49.4 Å². The Morgan fingerprint density at radius 1 is 1.06 bits per heavy atom. The van der Waals surface area contributed by atoms with E-state index in [0.29, 0.717) is 27.6 Å². The van der Waals surface area contributed by atoms with Crippen molar-refractivity contribution in [3.8, 4) is 5.69 Å². The Morgan fingerprint density at radius 2 is 1.79 bits per heavy atom. The molecule has 0 radical (unpaired) electrons. The predicted molar refractivity (Wildman–Crippen MR) is 130 cm³/mol. The number of aryl methyl sites for hydroxylation is 1. The molecule has 6 nitrogen and oxygen atoms in total. The van der Waals surface area contributed by atoms with Gasteiger partial charge in [0, 0.05) is 16.6 Å². The number of rotatable bonds is 5. The maximum absolute atomic E-state index is 13.5. The van der Waals surface area contributed by atoms with E-state index in [4.69, 9.17) is 4.98 Å². The lowest BCUT2D eigenvalue weighted by atomic mass is 10.2. The molecule has 0 aliphatic heterocycles. The summed E-state index contributed by atoms with van der Waals surface area (Å²) in [4.78, 5) is 34.0. The van der Waals surface area contributed by atoms with Gasteiger partial charge in [0.1, 0.15) is 16.9 Å². The second kappa shape index (κ2) is 8.55. The molecule has 0 unspecified atom stereocenters. The lowest BCUT2D eigenvalue weighted by molar-refractivity contribution is -0.113. The van der Waals surface area contributed by atoms with Crippen molar-refractivity contribution in [2.45, 2.75) is 12.1 Å². The van der Waals surface area contributed by atoms with Crippen LogP contribution in [0.3, 0.4) is 0 Å². The number of halogens is 1. The third-order valence-corrected chi connectivity index (χ3v) is 6.19. The summed E-state index contributed by atoms with van der Waals surface area (Å²) >= 11 is 1.17. The number of nitrogens with one attached hydrogen (secondary N) is 2. The fraction of sp³-hybridized carbons (Fsp3) is 0.0800. The molecule has 33 heavy (non-hydrogen) atoms. The molecular formula is C25H19FN4O2S. The Balaban J connectivity index is 1.55. The molecule has 0 saturated carbocycles. The van der Waals surface area contributed by atoms with E-state index < -0.39 is 0 Å². The lowest BCUT2D eigenvalue weighted by Crippen LogP contribution is -2.23. The number of anilines is 1. The molecule has 3 aromatic carbocycles. The minimum absolute atomic E-state index is 0.0313. The quantitative estimate of drug-likeness (QED) is 0.286. The first-order valence-electron chi connectivity index (χ1n) is 10.3. The number of H-pyrrole nitrogens is 1. The summed E-state index contributed by atoms with van der Waals surface area (Å²) in [6.45, 7) is 1.97. The molecule has 5 rings (SSSR count). The second-order valence-corrected chi connectivity index (χ2v) is 8.55. The van der Waals surface area contributed by atoms with Crippen LogP contribution in [0.5, 0.6) is 0 Å². The molecule has 1 amide bonds. The number of benzene rings is 3. The van der Waals surface area contributed by atoms with Gasteiger partial charge >= 0.3 is 0 Å². The van der Waals surface area contributed by atoms with E-state index >= 15 is 0 Å². The molecule has 0 fully saturated rings. The molecule has 0 spiro atoms. The summed E-state index contributed by atoms with van der Waals surface area (Å²) < 4.78 is 14.6. The molecule has 0 aliphatic rings. The van der Waals surface area contributed by atoms with E-state index in [9.17, 15) is 14.0 Å². The number of carbonyl (C=O) groups is 1. The van der Waals surface area contributed by atoms with Crippen LogP contribution in [0.2, 0.25) is 0 Å². The van der Waals surface area contributed by atoms with Gasteiger partial charge in [-0.3, -0.25) is 14.2 Å². The number of hydrogen-bond donors (Lipinski definition) is 2. The van der Waals surface area contributed by atoms with E-state index in [0.717, 1.165) is 16.5 Å². The van der Waals surface area contributed by atoms with Crippen molar-refractivity contribution in [2.24, 2.45) is 0 Å². The standard InChI is InChI=1S/C25H19FN4O2S/c1-15-6-12-18(13-7-15)30-24(32)23-22(19-4-2-3-5-20(19)28-23)29-25(30)33-14-21(31)27-17-10-8-16(26)9-11-17/h2-13,28H,14H2,1H3,(H,27,31). The highest BCUT2D eigenvalue weighted by Crippen LogP contribution is 2.26. The van der Waals surface area contributed by atoms with Gasteiger partial charge in [-0.2, -0.15) is 0 Å². The minimum atomic E-state index is -0.374. The predicted octanol–water partition coefficient (Wildman–Crippen LogP) is 5.05. The smallest absolute Gasteiger partial charge is 0.283 e. The lowest BCUT2D eigenvalue weighted by Gasteiger charge is -2.12. The Hall–Kier alpha value is -3.91. The molecule has 5 aromatic rings. The first-order chi connectivity index (χ1) is 16.0. The second-order valence-electron chi connectivity index (χ2n) is 7.61. The molecular weight excluding hydrogens is 439 g/mol. The number of fused-ring (bicyclic) bond motifs is 3. The topological polar surface area (TPSA) is 79.8 Å². The first-order valence-corrected chi connectivity index (χ1v) is 11.3. The summed E-state index contributed by atoms with van der Waals surface area (Å²) in [7, 11) is 0. The monoisotopic (exact) mass is 458 g/mol. The summed E-state index contributed by atoms with van der Waals surface area (Å²) in [6.07, 6.45) is 0. The number of para-hydroxylation sites is 1. The number of carbonyl (C=O) groups excluding carboxylic acids is 1. The number of hydrogen-bond acceptors (Lipinski definition) is 4. The van der Waals surface area contributed by atoms with Crippen molar-refractivity contribution in [2.75, 3.05) is 11.1 Å². The van der Waals surface area contributed by atoms with Gasteiger partial charge in [0.2, 0.25) is 5.91 Å². The van der Waals surface area contributed by atoms with Crippen molar-refractivity contribution in [3.63, 3.8) is 0 Å². The van der Waals surface area contributed by atoms with Crippen LogP contribution in [0.1, 0.15) is 5.56 Å². The number of amides is 1. The van der Waals surface area contributed by atoms with Crippen LogP contribution in [0, 0.1) is 12.7 Å². The molecule has 8 heteroatoms. The zero-order chi connectivity index (χ0) is 22.9. The average Bonchev–Trinajstić information content (AvgIpc) is 3.19. The van der Waals surface area contributed by atoms with Crippen LogP contribution >= 0.6 is 11.8 Å². The van der Waals surface area contributed by atoms with Gasteiger partial charge in [0.05, 0.1) is 11.4 Å². The van der Waals surface area contributed by atoms with E-state index in [-0.39, 0.29) is 23.0 Å². The van der Waals surface area contributed by atoms with Gasteiger partial charge in [-0.25, -0.2) is 9.37 Å². The highest BCUT2D eigenvalue weighted by molar-refractivity contribution is 7.99. The van der Waals surface area contributed by atoms with Gasteiger partial charge in [0.15, 0.2) is 5.16 Å². The zero-order valence-electron chi connectivity index (χ0n) is 17.6. The zero-order valence-corrected chi connectivity index (χ0v) is 18.4. The number of aromatic amines is 1. The van der Waals surface area contributed by atoms with E-state index in [1.807, 2.05) is 55.5 Å². The number of nitrogens with zero attached hydrogens (tertiary/aromatic N) is 2. The number of thioether (sulfide) groups is 1. The molecule has 0 atom stereocenters. The van der Waals surface area contributed by atoms with Gasteiger partial charge < -0.3 is 10.3 Å². The Labute approximate surface area is 192 Å². The van der Waals surface area contributed by atoms with Crippen LogP contribution in [0.4, 0.5) is 10.1 Å².